The molecule has 1 atom stereocenters. The molecular formula is C20H21NO6S3. The molecule has 0 saturated carbocycles. The summed E-state index contributed by atoms with van der Waals surface area (Å²) in [5.41, 5.74) is 0.267. The average Bonchev–Trinajstić information content (AvgIpc) is 3.47. The molecule has 0 radical (unpaired) electrons. The first-order chi connectivity index (χ1) is 14.4. The summed E-state index contributed by atoms with van der Waals surface area (Å²) in [5, 5.41) is 5.38. The van der Waals surface area contributed by atoms with E-state index in [4.69, 9.17) is 14.2 Å². The Labute approximate surface area is 183 Å². The standard InChI is InChI=1S/C20H21NO6S3/c1-25-14-10-13(11-15(26-2)19(14)27-3)20(22)21-12-17(16-6-4-8-28-16)30(23,24)18-7-5-9-29-18/h4-11,17H,12H2,1-3H3,(H,21,22)/t17-/m0/s1. The molecule has 0 unspecified atom stereocenters. The Bertz CT molecular complexity index is 1070. The van der Waals surface area contributed by atoms with Crippen LogP contribution < -0.4 is 19.5 Å². The number of carbonyl (C=O) groups is 1. The van der Waals surface area contributed by atoms with Gasteiger partial charge in [0.25, 0.3) is 5.91 Å². The summed E-state index contributed by atoms with van der Waals surface area (Å²) in [7, 11) is 0.739. The molecule has 1 amide bonds. The van der Waals surface area contributed by atoms with Crippen molar-refractivity contribution in [3.05, 3.63) is 57.6 Å². The third-order valence-electron chi connectivity index (χ3n) is 4.39. The zero-order valence-corrected chi connectivity index (χ0v) is 19.0. The maximum Gasteiger partial charge on any atom is 0.251 e. The second-order valence-electron chi connectivity index (χ2n) is 6.11. The molecule has 0 fully saturated rings. The fraction of sp³-hybridized carbons (Fsp3) is 0.250. The van der Waals surface area contributed by atoms with Crippen LogP contribution in [-0.4, -0.2) is 42.2 Å². The smallest absolute Gasteiger partial charge is 0.251 e. The number of nitrogens with one attached hydrogen (secondary N) is 1. The van der Waals surface area contributed by atoms with Crippen LogP contribution in [0.5, 0.6) is 17.2 Å². The highest BCUT2D eigenvalue weighted by molar-refractivity contribution is 7.93. The van der Waals surface area contributed by atoms with Crippen LogP contribution in [0, 0.1) is 0 Å². The molecule has 0 spiro atoms. The van der Waals surface area contributed by atoms with Crippen molar-refractivity contribution >= 4 is 38.4 Å². The van der Waals surface area contributed by atoms with Gasteiger partial charge in [0, 0.05) is 17.0 Å². The van der Waals surface area contributed by atoms with Crippen LogP contribution in [0.1, 0.15) is 20.5 Å². The van der Waals surface area contributed by atoms with Crippen molar-refractivity contribution in [1.29, 1.82) is 0 Å². The lowest BCUT2D eigenvalue weighted by Crippen LogP contribution is -2.31. The van der Waals surface area contributed by atoms with Crippen LogP contribution in [-0.2, 0) is 9.84 Å². The summed E-state index contributed by atoms with van der Waals surface area (Å²) in [5.74, 6) is 0.594. The van der Waals surface area contributed by atoms with Gasteiger partial charge in [-0.05, 0) is 35.0 Å². The molecule has 160 valence electrons. The number of hydrogen-bond acceptors (Lipinski definition) is 8. The van der Waals surface area contributed by atoms with Crippen LogP contribution in [0.25, 0.3) is 0 Å². The number of amides is 1. The van der Waals surface area contributed by atoms with E-state index in [1.807, 2.05) is 5.38 Å². The fourth-order valence-electron chi connectivity index (χ4n) is 2.90. The predicted octanol–water partition coefficient (Wildman–Crippen LogP) is 3.78. The Kier molecular flexibility index (Phi) is 7.01. The van der Waals surface area contributed by atoms with Gasteiger partial charge in [-0.25, -0.2) is 8.42 Å². The number of ether oxygens (including phenoxy) is 3. The van der Waals surface area contributed by atoms with Gasteiger partial charge in [-0.3, -0.25) is 4.79 Å². The van der Waals surface area contributed by atoms with Gasteiger partial charge in [0.05, 0.1) is 21.3 Å². The molecule has 3 rings (SSSR count). The van der Waals surface area contributed by atoms with E-state index in [2.05, 4.69) is 5.32 Å². The van der Waals surface area contributed by atoms with E-state index < -0.39 is 21.0 Å². The van der Waals surface area contributed by atoms with E-state index in [9.17, 15) is 13.2 Å². The lowest BCUT2D eigenvalue weighted by Gasteiger charge is -2.17. The predicted molar refractivity (Wildman–Crippen MR) is 117 cm³/mol. The second kappa shape index (κ2) is 9.50. The number of sulfone groups is 1. The van der Waals surface area contributed by atoms with Gasteiger partial charge < -0.3 is 19.5 Å². The Morgan fingerprint density at radius 2 is 1.63 bits per heavy atom. The third kappa shape index (κ3) is 4.45. The van der Waals surface area contributed by atoms with Crippen molar-refractivity contribution in [2.45, 2.75) is 9.46 Å². The average molecular weight is 468 g/mol. The molecule has 1 aromatic carbocycles. The molecule has 10 heteroatoms. The van der Waals surface area contributed by atoms with Gasteiger partial charge in [0.1, 0.15) is 9.46 Å². The summed E-state index contributed by atoms with van der Waals surface area (Å²) in [6, 6.07) is 9.85. The molecule has 0 aliphatic heterocycles. The minimum absolute atomic E-state index is 0.0732. The molecule has 0 bridgehead atoms. The summed E-state index contributed by atoms with van der Waals surface area (Å²) in [6.07, 6.45) is 0. The van der Waals surface area contributed by atoms with E-state index in [0.717, 1.165) is 11.3 Å². The first-order valence-electron chi connectivity index (χ1n) is 8.81. The number of thiophene rings is 2. The zero-order valence-electron chi connectivity index (χ0n) is 16.6. The van der Waals surface area contributed by atoms with E-state index in [1.165, 1.54) is 44.8 Å². The maximum absolute atomic E-state index is 13.1. The van der Waals surface area contributed by atoms with Crippen LogP contribution in [0.2, 0.25) is 0 Å². The number of carbonyl (C=O) groups excluding carboxylic acids is 1. The summed E-state index contributed by atoms with van der Waals surface area (Å²) >= 11 is 2.49. The summed E-state index contributed by atoms with van der Waals surface area (Å²) in [4.78, 5) is 13.5. The van der Waals surface area contributed by atoms with E-state index in [0.29, 0.717) is 22.1 Å². The molecule has 2 aromatic heterocycles. The van der Waals surface area contributed by atoms with Crippen molar-refractivity contribution in [3.8, 4) is 17.2 Å². The molecule has 0 saturated heterocycles. The van der Waals surface area contributed by atoms with Crippen LogP contribution >= 0.6 is 22.7 Å². The van der Waals surface area contributed by atoms with Crippen molar-refractivity contribution in [1.82, 2.24) is 5.32 Å². The minimum Gasteiger partial charge on any atom is -0.493 e. The highest BCUT2D eigenvalue weighted by Gasteiger charge is 2.31. The van der Waals surface area contributed by atoms with Crippen molar-refractivity contribution < 1.29 is 27.4 Å². The Balaban J connectivity index is 1.87. The number of methoxy groups -OCH3 is 3. The Hall–Kier alpha value is -2.56. The zero-order chi connectivity index (χ0) is 21.7. The molecule has 1 N–H and O–H groups in total. The van der Waals surface area contributed by atoms with Gasteiger partial charge in [-0.1, -0.05) is 12.1 Å². The van der Waals surface area contributed by atoms with E-state index in [-0.39, 0.29) is 16.3 Å². The summed E-state index contributed by atoms with van der Waals surface area (Å²) in [6.45, 7) is -0.0732. The van der Waals surface area contributed by atoms with E-state index >= 15 is 0 Å². The molecule has 7 nitrogen and oxygen atoms in total. The third-order valence-corrected chi connectivity index (χ3v) is 9.03. The first-order valence-corrected chi connectivity index (χ1v) is 12.1. The van der Waals surface area contributed by atoms with Crippen LogP contribution in [0.15, 0.2) is 51.4 Å². The Morgan fingerprint density at radius 1 is 1.00 bits per heavy atom. The molecule has 3 aromatic rings. The highest BCUT2D eigenvalue weighted by atomic mass is 32.2. The topological polar surface area (TPSA) is 90.9 Å². The van der Waals surface area contributed by atoms with Gasteiger partial charge in [0.15, 0.2) is 21.3 Å². The Morgan fingerprint density at radius 3 is 2.13 bits per heavy atom. The lowest BCUT2D eigenvalue weighted by molar-refractivity contribution is 0.0953. The normalized spacial score (nSPS) is 12.2. The number of benzene rings is 1. The SMILES string of the molecule is COc1cc(C(=O)NC[C@@H](c2cccs2)S(=O)(=O)c2cccs2)cc(OC)c1OC. The fourth-order valence-corrected chi connectivity index (χ4v) is 6.89. The highest BCUT2D eigenvalue weighted by Crippen LogP contribution is 2.38. The lowest BCUT2D eigenvalue weighted by atomic mass is 10.1. The first kappa shape index (κ1) is 22.1. The maximum atomic E-state index is 13.1. The van der Waals surface area contributed by atoms with Crippen molar-refractivity contribution in [2.75, 3.05) is 27.9 Å². The monoisotopic (exact) mass is 467 g/mol. The number of hydrogen-bond donors (Lipinski definition) is 1. The quantitative estimate of drug-likeness (QED) is 0.515. The van der Waals surface area contributed by atoms with Gasteiger partial charge in [-0.2, -0.15) is 0 Å². The van der Waals surface area contributed by atoms with Crippen molar-refractivity contribution in [3.63, 3.8) is 0 Å². The molecule has 30 heavy (non-hydrogen) atoms. The largest absolute Gasteiger partial charge is 0.493 e. The van der Waals surface area contributed by atoms with Crippen molar-refractivity contribution in [2.24, 2.45) is 0 Å². The summed E-state index contributed by atoms with van der Waals surface area (Å²) < 4.78 is 42.4. The van der Waals surface area contributed by atoms with Crippen LogP contribution in [0.4, 0.5) is 0 Å². The van der Waals surface area contributed by atoms with Gasteiger partial charge in [0.2, 0.25) is 5.75 Å². The van der Waals surface area contributed by atoms with Gasteiger partial charge in [-0.15, -0.1) is 22.7 Å². The number of rotatable bonds is 9. The molecule has 0 aliphatic carbocycles. The second-order valence-corrected chi connectivity index (χ2v) is 10.4. The van der Waals surface area contributed by atoms with Gasteiger partial charge >= 0.3 is 0 Å². The van der Waals surface area contributed by atoms with E-state index in [1.54, 1.807) is 29.6 Å². The molecule has 2 heterocycles. The minimum atomic E-state index is -3.65. The molecule has 0 aliphatic rings. The van der Waals surface area contributed by atoms with Crippen LogP contribution in [0.3, 0.4) is 0 Å². The molecular weight excluding hydrogens is 446 g/mol.